The van der Waals surface area contributed by atoms with Crippen LogP contribution in [0.15, 0.2) is 18.2 Å². The van der Waals surface area contributed by atoms with Gasteiger partial charge in [0.25, 0.3) is 5.91 Å². The number of benzene rings is 1. The van der Waals surface area contributed by atoms with E-state index in [2.05, 4.69) is 5.32 Å². The number of likely N-dealkylation sites (N-methyl/N-ethyl adjacent to an activating group) is 1. The van der Waals surface area contributed by atoms with Crippen LogP contribution in [-0.2, 0) is 4.79 Å². The molecule has 1 aromatic rings. The standard InChI is InChI=1S/C11H13N3O2S/c1-6-10(15)14(2)8-4-3-7(13-11(12)17)5-9(8)16-6/h3-6H,1-2H3,(H3,12,13,17). The van der Waals surface area contributed by atoms with Gasteiger partial charge in [0, 0.05) is 18.8 Å². The number of ether oxygens (including phenoxy) is 1. The summed E-state index contributed by atoms with van der Waals surface area (Å²) in [6, 6.07) is 5.36. The maximum atomic E-state index is 11.7. The first-order valence-electron chi connectivity index (χ1n) is 5.14. The van der Waals surface area contributed by atoms with Crippen LogP contribution in [-0.4, -0.2) is 24.2 Å². The van der Waals surface area contributed by atoms with Crippen molar-refractivity contribution in [3.8, 4) is 5.75 Å². The highest BCUT2D eigenvalue weighted by molar-refractivity contribution is 7.80. The average molecular weight is 251 g/mol. The van der Waals surface area contributed by atoms with E-state index < -0.39 is 6.10 Å². The zero-order valence-corrected chi connectivity index (χ0v) is 10.4. The quantitative estimate of drug-likeness (QED) is 0.731. The van der Waals surface area contributed by atoms with Crippen molar-refractivity contribution in [2.75, 3.05) is 17.3 Å². The summed E-state index contributed by atoms with van der Waals surface area (Å²) >= 11 is 4.76. The zero-order valence-electron chi connectivity index (χ0n) is 9.56. The van der Waals surface area contributed by atoms with Crippen LogP contribution in [0.1, 0.15) is 6.92 Å². The van der Waals surface area contributed by atoms with Gasteiger partial charge in [-0.15, -0.1) is 0 Å². The number of nitrogens with zero attached hydrogens (tertiary/aromatic N) is 1. The molecule has 17 heavy (non-hydrogen) atoms. The van der Waals surface area contributed by atoms with Crippen molar-refractivity contribution in [2.24, 2.45) is 5.73 Å². The van der Waals surface area contributed by atoms with E-state index in [9.17, 15) is 4.79 Å². The van der Waals surface area contributed by atoms with Crippen LogP contribution < -0.4 is 20.7 Å². The number of thiocarbonyl (C=S) groups is 1. The molecule has 1 aliphatic heterocycles. The molecule has 1 aliphatic rings. The van der Waals surface area contributed by atoms with Gasteiger partial charge in [-0.3, -0.25) is 4.79 Å². The van der Waals surface area contributed by atoms with Crippen LogP contribution in [0, 0.1) is 0 Å². The number of carbonyl (C=O) groups excluding carboxylic acids is 1. The molecule has 1 atom stereocenters. The summed E-state index contributed by atoms with van der Waals surface area (Å²) in [6.07, 6.45) is -0.479. The van der Waals surface area contributed by atoms with Crippen molar-refractivity contribution in [1.82, 2.24) is 0 Å². The van der Waals surface area contributed by atoms with Gasteiger partial charge in [-0.05, 0) is 31.3 Å². The molecule has 3 N–H and O–H groups in total. The van der Waals surface area contributed by atoms with Gasteiger partial charge in [-0.1, -0.05) is 0 Å². The molecule has 0 aromatic heterocycles. The maximum Gasteiger partial charge on any atom is 0.267 e. The third-order valence-corrected chi connectivity index (χ3v) is 2.67. The monoisotopic (exact) mass is 251 g/mol. The summed E-state index contributed by atoms with van der Waals surface area (Å²) in [5, 5.41) is 3.01. The van der Waals surface area contributed by atoms with Gasteiger partial charge in [0.15, 0.2) is 11.2 Å². The lowest BCUT2D eigenvalue weighted by Gasteiger charge is -2.30. The molecule has 0 radical (unpaired) electrons. The third-order valence-electron chi connectivity index (χ3n) is 2.57. The Labute approximate surface area is 105 Å². The Bertz CT molecular complexity index is 490. The van der Waals surface area contributed by atoms with E-state index in [-0.39, 0.29) is 11.0 Å². The van der Waals surface area contributed by atoms with Gasteiger partial charge in [0.05, 0.1) is 5.69 Å². The fraction of sp³-hybridized carbons (Fsp3) is 0.273. The predicted octanol–water partition coefficient (Wildman–Crippen LogP) is 1.09. The van der Waals surface area contributed by atoms with E-state index in [0.717, 1.165) is 11.4 Å². The molecule has 0 saturated carbocycles. The van der Waals surface area contributed by atoms with Crippen molar-refractivity contribution in [3.63, 3.8) is 0 Å². The van der Waals surface area contributed by atoms with E-state index in [4.69, 9.17) is 22.7 Å². The summed E-state index contributed by atoms with van der Waals surface area (Å²) in [5.74, 6) is 0.577. The average Bonchev–Trinajstić information content (AvgIpc) is 2.25. The lowest BCUT2D eigenvalue weighted by molar-refractivity contribution is -0.125. The molecule has 6 heteroatoms. The van der Waals surface area contributed by atoms with E-state index in [0.29, 0.717) is 5.75 Å². The normalized spacial score (nSPS) is 18.4. The number of nitrogens with one attached hydrogen (secondary N) is 1. The Hall–Kier alpha value is -1.82. The number of anilines is 2. The van der Waals surface area contributed by atoms with Gasteiger partial charge in [0.2, 0.25) is 0 Å². The van der Waals surface area contributed by atoms with Crippen molar-refractivity contribution >= 4 is 34.6 Å². The van der Waals surface area contributed by atoms with Crippen molar-refractivity contribution < 1.29 is 9.53 Å². The smallest absolute Gasteiger partial charge is 0.267 e. The molecule has 5 nitrogen and oxygen atoms in total. The van der Waals surface area contributed by atoms with E-state index in [1.807, 2.05) is 0 Å². The van der Waals surface area contributed by atoms with E-state index in [1.165, 1.54) is 0 Å². The van der Waals surface area contributed by atoms with Gasteiger partial charge in [-0.2, -0.15) is 0 Å². The minimum Gasteiger partial charge on any atom is -0.479 e. The Balaban J connectivity index is 2.36. The largest absolute Gasteiger partial charge is 0.479 e. The van der Waals surface area contributed by atoms with Crippen molar-refractivity contribution in [3.05, 3.63) is 18.2 Å². The van der Waals surface area contributed by atoms with Crippen LogP contribution in [0.5, 0.6) is 5.75 Å². The number of nitrogens with two attached hydrogens (primary N) is 1. The van der Waals surface area contributed by atoms with Gasteiger partial charge in [0.1, 0.15) is 5.75 Å². The lowest BCUT2D eigenvalue weighted by Crippen LogP contribution is -2.41. The Morgan fingerprint density at radius 1 is 1.59 bits per heavy atom. The van der Waals surface area contributed by atoms with Crippen LogP contribution in [0.3, 0.4) is 0 Å². The Morgan fingerprint density at radius 2 is 2.29 bits per heavy atom. The van der Waals surface area contributed by atoms with Crippen LogP contribution >= 0.6 is 12.2 Å². The summed E-state index contributed by atoms with van der Waals surface area (Å²) in [6.45, 7) is 1.72. The SMILES string of the molecule is CC1Oc2cc(NC(N)=S)ccc2N(C)C1=O. The first-order valence-corrected chi connectivity index (χ1v) is 5.54. The highest BCUT2D eigenvalue weighted by Crippen LogP contribution is 2.35. The summed E-state index contributed by atoms with van der Waals surface area (Å²) in [4.78, 5) is 13.3. The molecule has 0 saturated heterocycles. The van der Waals surface area contributed by atoms with Gasteiger partial charge < -0.3 is 20.7 Å². The molecular weight excluding hydrogens is 238 g/mol. The number of carbonyl (C=O) groups is 1. The Kier molecular flexibility index (Phi) is 2.89. The molecule has 0 bridgehead atoms. The van der Waals surface area contributed by atoms with Crippen molar-refractivity contribution in [1.29, 1.82) is 0 Å². The molecule has 1 unspecified atom stereocenters. The second-order valence-corrected chi connectivity index (χ2v) is 4.27. The van der Waals surface area contributed by atoms with Crippen LogP contribution in [0.25, 0.3) is 0 Å². The third kappa shape index (κ3) is 2.16. The van der Waals surface area contributed by atoms with Gasteiger partial charge >= 0.3 is 0 Å². The molecule has 0 fully saturated rings. The van der Waals surface area contributed by atoms with Crippen LogP contribution in [0.2, 0.25) is 0 Å². The second kappa shape index (κ2) is 4.21. The zero-order chi connectivity index (χ0) is 12.6. The highest BCUT2D eigenvalue weighted by Gasteiger charge is 2.28. The van der Waals surface area contributed by atoms with Crippen molar-refractivity contribution in [2.45, 2.75) is 13.0 Å². The topological polar surface area (TPSA) is 67.6 Å². The van der Waals surface area contributed by atoms with E-state index in [1.54, 1.807) is 37.1 Å². The maximum absolute atomic E-state index is 11.7. The molecule has 0 spiro atoms. The van der Waals surface area contributed by atoms with E-state index >= 15 is 0 Å². The first kappa shape index (κ1) is 11.7. The molecular formula is C11H13N3O2S. The summed E-state index contributed by atoms with van der Waals surface area (Å²) in [7, 11) is 1.72. The predicted molar refractivity (Wildman–Crippen MR) is 70.4 cm³/mol. The van der Waals surface area contributed by atoms with Crippen LogP contribution in [0.4, 0.5) is 11.4 Å². The number of hydrogen-bond donors (Lipinski definition) is 2. The number of amides is 1. The number of rotatable bonds is 1. The number of fused-ring (bicyclic) bond motifs is 1. The number of hydrogen-bond acceptors (Lipinski definition) is 3. The summed E-state index contributed by atoms with van der Waals surface area (Å²) < 4.78 is 5.52. The molecule has 1 amide bonds. The Morgan fingerprint density at radius 3 is 2.94 bits per heavy atom. The minimum absolute atomic E-state index is 0.0624. The second-order valence-electron chi connectivity index (χ2n) is 3.83. The van der Waals surface area contributed by atoms with Gasteiger partial charge in [-0.25, -0.2) is 0 Å². The molecule has 1 aromatic carbocycles. The molecule has 2 rings (SSSR count). The fourth-order valence-electron chi connectivity index (χ4n) is 1.74. The highest BCUT2D eigenvalue weighted by atomic mass is 32.1. The minimum atomic E-state index is -0.479. The summed E-state index contributed by atoms with van der Waals surface area (Å²) in [5.41, 5.74) is 6.87. The lowest BCUT2D eigenvalue weighted by atomic mass is 10.2. The fourth-order valence-corrected chi connectivity index (χ4v) is 1.86. The molecule has 1 heterocycles. The molecule has 0 aliphatic carbocycles. The first-order chi connectivity index (χ1) is 7.99. The molecule has 90 valence electrons.